The van der Waals surface area contributed by atoms with Crippen molar-refractivity contribution in [2.45, 2.75) is 26.1 Å². The molecule has 0 aliphatic carbocycles. The molecule has 1 atom stereocenters. The van der Waals surface area contributed by atoms with Crippen LogP contribution in [0, 0.1) is 0 Å². The van der Waals surface area contributed by atoms with E-state index in [9.17, 15) is 4.79 Å². The topological polar surface area (TPSA) is 57.5 Å². The van der Waals surface area contributed by atoms with Gasteiger partial charge in [0.05, 0.1) is 5.56 Å². The normalized spacial score (nSPS) is 18.9. The third-order valence-electron chi connectivity index (χ3n) is 5.38. The van der Waals surface area contributed by atoms with Gasteiger partial charge in [0.1, 0.15) is 16.5 Å². The molecular formula is C21H20BrN3O2S. The molecule has 2 aliphatic rings. The number of hydrogen-bond acceptors (Lipinski definition) is 5. The van der Waals surface area contributed by atoms with E-state index >= 15 is 0 Å². The first kappa shape index (κ1) is 18.0. The number of amides is 1. The molecule has 7 heteroatoms. The summed E-state index contributed by atoms with van der Waals surface area (Å²) in [7, 11) is 0. The Hall–Kier alpha value is -2.09. The van der Waals surface area contributed by atoms with E-state index in [4.69, 9.17) is 4.42 Å². The molecule has 0 fully saturated rings. The Labute approximate surface area is 175 Å². The summed E-state index contributed by atoms with van der Waals surface area (Å²) in [5.74, 6) is 1.47. The van der Waals surface area contributed by atoms with Crippen molar-refractivity contribution < 1.29 is 9.21 Å². The Balaban J connectivity index is 1.43. The lowest BCUT2D eigenvalue weighted by Crippen LogP contribution is -2.38. The van der Waals surface area contributed by atoms with Crippen LogP contribution in [0.5, 0.6) is 0 Å². The number of benzene rings is 1. The highest BCUT2D eigenvalue weighted by Crippen LogP contribution is 2.41. The van der Waals surface area contributed by atoms with Crippen LogP contribution in [0.1, 0.15) is 39.6 Å². The number of carbonyl (C=O) groups is 1. The monoisotopic (exact) mass is 457 g/mol. The van der Waals surface area contributed by atoms with Crippen LogP contribution in [0.4, 0.5) is 5.00 Å². The van der Waals surface area contributed by atoms with Crippen molar-refractivity contribution in [1.82, 2.24) is 10.2 Å². The maximum absolute atomic E-state index is 12.9. The van der Waals surface area contributed by atoms with Crippen molar-refractivity contribution in [3.8, 4) is 11.3 Å². The first-order valence-electron chi connectivity index (χ1n) is 9.42. The second-order valence-electron chi connectivity index (χ2n) is 7.09. The minimum absolute atomic E-state index is 0.0124. The first-order chi connectivity index (χ1) is 13.6. The molecule has 4 heterocycles. The van der Waals surface area contributed by atoms with Crippen molar-refractivity contribution in [2.24, 2.45) is 0 Å². The largest absolute Gasteiger partial charge is 0.457 e. The predicted molar refractivity (Wildman–Crippen MR) is 115 cm³/mol. The molecule has 2 aliphatic heterocycles. The lowest BCUT2D eigenvalue weighted by molar-refractivity contribution is 0.0930. The summed E-state index contributed by atoms with van der Waals surface area (Å²) in [6.45, 7) is 5.16. The zero-order valence-corrected chi connectivity index (χ0v) is 17.8. The molecule has 3 aromatic rings. The van der Waals surface area contributed by atoms with E-state index in [1.807, 2.05) is 36.4 Å². The van der Waals surface area contributed by atoms with Crippen LogP contribution in [0.15, 0.2) is 45.3 Å². The van der Waals surface area contributed by atoms with Gasteiger partial charge in [-0.3, -0.25) is 9.69 Å². The highest BCUT2D eigenvalue weighted by Gasteiger charge is 2.34. The zero-order valence-electron chi connectivity index (χ0n) is 15.4. The van der Waals surface area contributed by atoms with Gasteiger partial charge in [-0.1, -0.05) is 35.0 Å². The Morgan fingerprint density at radius 3 is 3.00 bits per heavy atom. The zero-order chi connectivity index (χ0) is 19.3. The third kappa shape index (κ3) is 3.07. The molecule has 1 aromatic carbocycles. The molecule has 1 amide bonds. The summed E-state index contributed by atoms with van der Waals surface area (Å²) >= 11 is 5.20. The highest BCUT2D eigenvalue weighted by molar-refractivity contribution is 9.10. The lowest BCUT2D eigenvalue weighted by Gasteiger charge is -2.27. The number of nitrogens with zero attached hydrogens (tertiary/aromatic N) is 1. The summed E-state index contributed by atoms with van der Waals surface area (Å²) in [4.78, 5) is 16.6. The van der Waals surface area contributed by atoms with Crippen LogP contribution in [0.25, 0.3) is 11.3 Å². The van der Waals surface area contributed by atoms with Crippen LogP contribution in [0.2, 0.25) is 0 Å². The fourth-order valence-corrected chi connectivity index (χ4v) is 5.60. The Morgan fingerprint density at radius 1 is 1.29 bits per heavy atom. The van der Waals surface area contributed by atoms with Crippen LogP contribution in [-0.2, 0) is 13.0 Å². The van der Waals surface area contributed by atoms with Gasteiger partial charge in [-0.25, -0.2) is 0 Å². The first-order valence-corrected chi connectivity index (χ1v) is 11.0. The van der Waals surface area contributed by atoms with Gasteiger partial charge in [-0.2, -0.15) is 0 Å². The number of rotatable bonds is 3. The van der Waals surface area contributed by atoms with E-state index in [-0.39, 0.29) is 12.1 Å². The molecule has 0 radical (unpaired) electrons. The number of likely N-dealkylation sites (N-methyl/N-ethyl adjacent to an activating group) is 1. The predicted octanol–water partition coefficient (Wildman–Crippen LogP) is 5.00. The van der Waals surface area contributed by atoms with Crippen LogP contribution < -0.4 is 10.6 Å². The van der Waals surface area contributed by atoms with Gasteiger partial charge in [0, 0.05) is 28.0 Å². The van der Waals surface area contributed by atoms with Gasteiger partial charge in [-0.05, 0) is 42.8 Å². The van der Waals surface area contributed by atoms with Crippen LogP contribution >= 0.6 is 27.3 Å². The summed E-state index contributed by atoms with van der Waals surface area (Å²) in [5.41, 5.74) is 3.03. The van der Waals surface area contributed by atoms with Crippen molar-refractivity contribution in [1.29, 1.82) is 0 Å². The van der Waals surface area contributed by atoms with Gasteiger partial charge in [0.25, 0.3) is 5.91 Å². The van der Waals surface area contributed by atoms with Gasteiger partial charge in [0.2, 0.25) is 0 Å². The second kappa shape index (κ2) is 7.06. The summed E-state index contributed by atoms with van der Waals surface area (Å²) in [6, 6.07) is 11.8. The van der Waals surface area contributed by atoms with Gasteiger partial charge in [0.15, 0.2) is 6.17 Å². The summed E-state index contributed by atoms with van der Waals surface area (Å²) in [5, 5.41) is 7.50. The SMILES string of the molecule is CCN1CCc2c(sc3c2C(=O)NC(c2ccc(-c4cccc(Br)c4)o2)N3)C1. The van der Waals surface area contributed by atoms with E-state index in [1.165, 1.54) is 10.4 Å². The Bertz CT molecular complexity index is 1060. The summed E-state index contributed by atoms with van der Waals surface area (Å²) in [6.07, 6.45) is 0.575. The molecule has 28 heavy (non-hydrogen) atoms. The third-order valence-corrected chi connectivity index (χ3v) is 7.02. The minimum Gasteiger partial charge on any atom is -0.457 e. The molecule has 0 saturated carbocycles. The van der Waals surface area contributed by atoms with E-state index < -0.39 is 0 Å². The quantitative estimate of drug-likeness (QED) is 0.580. The molecule has 2 aromatic heterocycles. The highest BCUT2D eigenvalue weighted by atomic mass is 79.9. The smallest absolute Gasteiger partial charge is 0.256 e. The van der Waals surface area contributed by atoms with Gasteiger partial charge >= 0.3 is 0 Å². The van der Waals surface area contributed by atoms with E-state index in [2.05, 4.69) is 38.4 Å². The fraction of sp³-hybridized carbons (Fsp3) is 0.286. The molecule has 144 valence electrons. The number of halogens is 1. The molecule has 1 unspecified atom stereocenters. The average molecular weight is 458 g/mol. The number of anilines is 1. The molecule has 5 rings (SSSR count). The molecule has 0 spiro atoms. The molecule has 5 nitrogen and oxygen atoms in total. The maximum atomic E-state index is 12.9. The van der Waals surface area contributed by atoms with Crippen molar-refractivity contribution in [2.75, 3.05) is 18.4 Å². The van der Waals surface area contributed by atoms with Crippen molar-refractivity contribution >= 4 is 38.2 Å². The second-order valence-corrected chi connectivity index (χ2v) is 9.11. The number of fused-ring (bicyclic) bond motifs is 3. The minimum atomic E-state index is -0.358. The summed E-state index contributed by atoms with van der Waals surface area (Å²) < 4.78 is 7.06. The molecule has 2 N–H and O–H groups in total. The Morgan fingerprint density at radius 2 is 2.18 bits per heavy atom. The molecule has 0 saturated heterocycles. The number of thiophene rings is 1. The van der Waals surface area contributed by atoms with Gasteiger partial charge < -0.3 is 15.1 Å². The molecule has 0 bridgehead atoms. The van der Waals surface area contributed by atoms with Crippen molar-refractivity contribution in [3.63, 3.8) is 0 Å². The average Bonchev–Trinajstić information content (AvgIpc) is 3.32. The van der Waals surface area contributed by atoms with Crippen LogP contribution in [0.3, 0.4) is 0 Å². The number of hydrogen-bond donors (Lipinski definition) is 2. The standard InChI is InChI=1S/C21H20BrN3O2S/c1-2-25-9-8-14-17(11-25)28-21-18(14)20(26)23-19(24-21)16-7-6-15(27-16)12-4-3-5-13(22)10-12/h3-7,10,19,24H,2,8-9,11H2,1H3,(H,23,26). The van der Waals surface area contributed by atoms with Crippen LogP contribution in [-0.4, -0.2) is 23.9 Å². The number of furan rings is 1. The molecular weight excluding hydrogens is 438 g/mol. The van der Waals surface area contributed by atoms with Gasteiger partial charge in [-0.15, -0.1) is 11.3 Å². The maximum Gasteiger partial charge on any atom is 0.256 e. The van der Waals surface area contributed by atoms with Crippen molar-refractivity contribution in [3.05, 3.63) is 62.6 Å². The number of nitrogens with one attached hydrogen (secondary N) is 2. The number of carbonyl (C=O) groups excluding carboxylic acids is 1. The van der Waals surface area contributed by atoms with E-state index in [0.29, 0.717) is 5.76 Å². The lowest BCUT2D eigenvalue weighted by atomic mass is 10.0. The fourth-order valence-electron chi connectivity index (χ4n) is 3.89. The van der Waals surface area contributed by atoms with E-state index in [0.717, 1.165) is 52.4 Å². The Kier molecular flexibility index (Phi) is 4.53. The van der Waals surface area contributed by atoms with E-state index in [1.54, 1.807) is 11.3 Å².